The Labute approximate surface area is 264 Å². The van der Waals surface area contributed by atoms with Gasteiger partial charge in [-0.25, -0.2) is 0 Å². The Morgan fingerprint density at radius 1 is 0.523 bits per heavy atom. The van der Waals surface area contributed by atoms with E-state index in [2.05, 4.69) is 24.3 Å². The number of hydrogen-bond acceptors (Lipinski definition) is 6. The van der Waals surface area contributed by atoms with Crippen LogP contribution in [0.3, 0.4) is 0 Å². The molecule has 8 unspecified atom stereocenters. The van der Waals surface area contributed by atoms with Crippen molar-refractivity contribution in [1.82, 2.24) is 9.80 Å². The summed E-state index contributed by atoms with van der Waals surface area (Å²) < 4.78 is 10.1. The topological polar surface area (TPSA) is 93.2 Å². The summed E-state index contributed by atoms with van der Waals surface area (Å²) in [6, 6.07) is 0. The second-order valence-electron chi connectivity index (χ2n) is 13.8. The molecule has 244 valence electrons. The van der Waals surface area contributed by atoms with E-state index in [4.69, 9.17) is 9.47 Å². The predicted octanol–water partition coefficient (Wildman–Crippen LogP) is 5.61. The minimum absolute atomic E-state index is 0.0146. The van der Waals surface area contributed by atoms with Gasteiger partial charge < -0.3 is 9.47 Å². The lowest BCUT2D eigenvalue weighted by Crippen LogP contribution is -2.36. The Bertz CT molecular complexity index is 1030. The van der Waals surface area contributed by atoms with E-state index in [1.165, 1.54) is 32.1 Å². The van der Waals surface area contributed by atoms with Crippen LogP contribution in [0.1, 0.15) is 68.2 Å². The highest BCUT2D eigenvalue weighted by molar-refractivity contribution is 6.06. The van der Waals surface area contributed by atoms with E-state index in [0.717, 1.165) is 12.8 Å². The number of imide groups is 2. The molecule has 4 aliphatic rings. The Balaban J connectivity index is 0.000000240. The molecular weight excluding hydrogens is 556 g/mol. The first-order valence-electron chi connectivity index (χ1n) is 16.0. The van der Waals surface area contributed by atoms with Gasteiger partial charge in [-0.3, -0.25) is 29.0 Å². The second kappa shape index (κ2) is 15.4. The van der Waals surface area contributed by atoms with Crippen LogP contribution >= 0.6 is 0 Å². The summed E-state index contributed by atoms with van der Waals surface area (Å²) in [6.45, 7) is 17.9. The van der Waals surface area contributed by atoms with Crippen molar-refractivity contribution in [3.63, 3.8) is 0 Å². The molecule has 8 atom stereocenters. The first kappa shape index (κ1) is 35.6. The van der Waals surface area contributed by atoms with Crippen molar-refractivity contribution in [3.8, 4) is 0 Å². The zero-order valence-electron chi connectivity index (χ0n) is 28.5. The first-order chi connectivity index (χ1) is 20.7. The second-order valence-corrected chi connectivity index (χ2v) is 13.8. The first-order valence-corrected chi connectivity index (χ1v) is 16.0. The van der Waals surface area contributed by atoms with E-state index in [-0.39, 0.29) is 71.0 Å². The lowest BCUT2D eigenvalue weighted by Gasteiger charge is -2.19. The number of methoxy groups -OCH3 is 2. The molecule has 2 aliphatic heterocycles. The summed E-state index contributed by atoms with van der Waals surface area (Å²) >= 11 is 0. The molecule has 8 heteroatoms. The van der Waals surface area contributed by atoms with Crippen molar-refractivity contribution in [1.29, 1.82) is 0 Å². The third kappa shape index (κ3) is 7.86. The standard InChI is InChI=1S/2C18H27NO3/c2*1-11(2)8-13-10-14(9-12(3)4)16-15(13)17(20)19(18(16)21)6-7-22-5/h2*8-9,13-16H,6-7,10H2,1-5H3. The van der Waals surface area contributed by atoms with Crippen LogP contribution < -0.4 is 0 Å². The molecule has 44 heavy (non-hydrogen) atoms. The van der Waals surface area contributed by atoms with Crippen molar-refractivity contribution in [2.45, 2.75) is 68.2 Å². The molecule has 0 bridgehead atoms. The van der Waals surface area contributed by atoms with Gasteiger partial charge in [0.1, 0.15) is 0 Å². The molecule has 2 saturated carbocycles. The van der Waals surface area contributed by atoms with Crippen molar-refractivity contribution < 1.29 is 28.7 Å². The predicted molar refractivity (Wildman–Crippen MR) is 172 cm³/mol. The zero-order chi connectivity index (χ0) is 32.9. The van der Waals surface area contributed by atoms with Gasteiger partial charge in [0.25, 0.3) is 0 Å². The van der Waals surface area contributed by atoms with Crippen molar-refractivity contribution >= 4 is 23.6 Å². The minimum atomic E-state index is -0.195. The summed E-state index contributed by atoms with van der Waals surface area (Å²) in [6.07, 6.45) is 10.5. The molecule has 0 aromatic heterocycles. The Hall–Kier alpha value is -2.84. The molecule has 2 saturated heterocycles. The Morgan fingerprint density at radius 3 is 0.932 bits per heavy atom. The van der Waals surface area contributed by atoms with Gasteiger partial charge in [-0.15, -0.1) is 0 Å². The number of nitrogens with zero attached hydrogens (tertiary/aromatic N) is 2. The van der Waals surface area contributed by atoms with Gasteiger partial charge >= 0.3 is 0 Å². The zero-order valence-corrected chi connectivity index (χ0v) is 28.5. The highest BCUT2D eigenvalue weighted by atomic mass is 16.5. The highest BCUT2D eigenvalue weighted by Crippen LogP contribution is 2.50. The molecule has 8 nitrogen and oxygen atoms in total. The molecule has 0 aromatic rings. The van der Waals surface area contributed by atoms with Gasteiger partial charge in [-0.1, -0.05) is 46.6 Å². The van der Waals surface area contributed by atoms with Crippen LogP contribution in [0.4, 0.5) is 0 Å². The normalized spacial score (nSPS) is 30.5. The molecule has 4 rings (SSSR count). The van der Waals surface area contributed by atoms with Crippen LogP contribution in [0.2, 0.25) is 0 Å². The number of rotatable bonds is 10. The maximum absolute atomic E-state index is 12.7. The van der Waals surface area contributed by atoms with Gasteiger partial charge in [0.05, 0.1) is 50.0 Å². The van der Waals surface area contributed by atoms with Gasteiger partial charge in [0.2, 0.25) is 23.6 Å². The third-order valence-corrected chi connectivity index (χ3v) is 9.14. The van der Waals surface area contributed by atoms with Crippen molar-refractivity contribution in [2.24, 2.45) is 47.3 Å². The Kier molecular flexibility index (Phi) is 12.5. The maximum Gasteiger partial charge on any atom is 0.233 e. The van der Waals surface area contributed by atoms with Crippen LogP contribution in [-0.4, -0.2) is 74.0 Å². The lowest BCUT2D eigenvalue weighted by atomic mass is 9.88. The van der Waals surface area contributed by atoms with Crippen molar-refractivity contribution in [2.75, 3.05) is 40.5 Å². The fourth-order valence-corrected chi connectivity index (χ4v) is 7.77. The van der Waals surface area contributed by atoms with Gasteiger partial charge in [-0.2, -0.15) is 0 Å². The summed E-state index contributed by atoms with van der Waals surface area (Å²) in [5, 5.41) is 0. The summed E-state index contributed by atoms with van der Waals surface area (Å²) in [4.78, 5) is 53.7. The van der Waals surface area contributed by atoms with Gasteiger partial charge in [0, 0.05) is 14.2 Å². The van der Waals surface area contributed by atoms with E-state index in [0.29, 0.717) is 26.3 Å². The van der Waals surface area contributed by atoms with E-state index in [9.17, 15) is 19.2 Å². The molecular formula is C36H54N2O6. The highest BCUT2D eigenvalue weighted by Gasteiger charge is 2.58. The average molecular weight is 611 g/mol. The van der Waals surface area contributed by atoms with Gasteiger partial charge in [-0.05, 0) is 91.9 Å². The molecule has 0 radical (unpaired) electrons. The fraction of sp³-hybridized carbons (Fsp3) is 0.667. The lowest BCUT2D eigenvalue weighted by molar-refractivity contribution is -0.143. The largest absolute Gasteiger partial charge is 0.383 e. The van der Waals surface area contributed by atoms with Crippen LogP contribution in [-0.2, 0) is 28.7 Å². The van der Waals surface area contributed by atoms with Crippen LogP contribution in [0.5, 0.6) is 0 Å². The molecule has 0 spiro atoms. The number of likely N-dealkylation sites (tertiary alicyclic amines) is 2. The number of carbonyl (C=O) groups is 4. The molecule has 4 fully saturated rings. The third-order valence-electron chi connectivity index (χ3n) is 9.14. The SMILES string of the molecule is COCCN1C(=O)C2C(C=C(C)C)CC(C=C(C)C)C2C1=O.COCCN1C(=O)C2C(C=C(C)C)CC(C=C(C)C)C2C1=O. The molecule has 4 amide bonds. The van der Waals surface area contributed by atoms with Crippen molar-refractivity contribution in [3.05, 3.63) is 46.6 Å². The smallest absolute Gasteiger partial charge is 0.233 e. The minimum Gasteiger partial charge on any atom is -0.383 e. The van der Waals surface area contributed by atoms with E-state index >= 15 is 0 Å². The fourth-order valence-electron chi connectivity index (χ4n) is 7.77. The van der Waals surface area contributed by atoms with Crippen LogP contribution in [0, 0.1) is 47.3 Å². The Morgan fingerprint density at radius 2 is 0.750 bits per heavy atom. The number of amides is 4. The molecule has 2 heterocycles. The number of carbonyl (C=O) groups excluding carboxylic acids is 4. The average Bonchev–Trinajstić information content (AvgIpc) is 3.58. The summed E-state index contributed by atoms with van der Waals surface area (Å²) in [7, 11) is 3.17. The number of allylic oxidation sites excluding steroid dienone is 8. The van der Waals surface area contributed by atoms with E-state index in [1.807, 2.05) is 55.4 Å². The number of hydrogen-bond donors (Lipinski definition) is 0. The van der Waals surface area contributed by atoms with E-state index < -0.39 is 0 Å². The molecule has 0 aromatic carbocycles. The molecule has 0 N–H and O–H groups in total. The monoisotopic (exact) mass is 610 g/mol. The maximum atomic E-state index is 12.7. The summed E-state index contributed by atoms with van der Waals surface area (Å²) in [5.74, 6) is -0.172. The van der Waals surface area contributed by atoms with E-state index in [1.54, 1.807) is 14.2 Å². The number of fused-ring (bicyclic) bond motifs is 2. The number of ether oxygens (including phenoxy) is 2. The van der Waals surface area contributed by atoms with Crippen LogP contribution in [0.15, 0.2) is 46.6 Å². The molecule has 2 aliphatic carbocycles. The van der Waals surface area contributed by atoms with Gasteiger partial charge in [0.15, 0.2) is 0 Å². The quantitative estimate of drug-likeness (QED) is 0.236. The van der Waals surface area contributed by atoms with Crippen LogP contribution in [0.25, 0.3) is 0 Å². The summed E-state index contributed by atoms with van der Waals surface area (Å²) in [5.41, 5.74) is 4.82.